The van der Waals surface area contributed by atoms with Gasteiger partial charge < -0.3 is 5.11 Å². The van der Waals surface area contributed by atoms with E-state index >= 15 is 0 Å². The topological polar surface area (TPSA) is 20.2 Å². The van der Waals surface area contributed by atoms with Gasteiger partial charge in [0.05, 0.1) is 0 Å². The van der Waals surface area contributed by atoms with Gasteiger partial charge in [-0.2, -0.15) is 0 Å². The Morgan fingerprint density at radius 3 is 2.22 bits per heavy atom. The average Bonchev–Trinajstić information content (AvgIpc) is 2.52. The van der Waals surface area contributed by atoms with Gasteiger partial charge in [0, 0.05) is 5.56 Å². The summed E-state index contributed by atoms with van der Waals surface area (Å²) in [6.45, 7) is 2.20. The van der Waals surface area contributed by atoms with E-state index in [9.17, 15) is 18.3 Å². The smallest absolute Gasteiger partial charge is 0.194 e. The van der Waals surface area contributed by atoms with Crippen molar-refractivity contribution < 1.29 is 18.3 Å². The molecule has 0 aromatic heterocycles. The van der Waals surface area contributed by atoms with E-state index in [4.69, 9.17) is 0 Å². The molecule has 0 radical (unpaired) electrons. The molecule has 1 aromatic carbocycles. The molecule has 0 saturated heterocycles. The highest BCUT2D eigenvalue weighted by Gasteiger charge is 2.22. The zero-order valence-electron chi connectivity index (χ0n) is 13.4. The lowest BCUT2D eigenvalue weighted by molar-refractivity contribution is 0.162. The summed E-state index contributed by atoms with van der Waals surface area (Å²) in [6.07, 6.45) is 6.86. The molecule has 1 atom stereocenters. The number of aliphatic hydroxyl groups excluding tert-OH is 1. The fourth-order valence-corrected chi connectivity index (χ4v) is 3.33. The van der Waals surface area contributed by atoms with Crippen LogP contribution in [-0.2, 0) is 0 Å². The molecule has 2 rings (SSSR count). The quantitative estimate of drug-likeness (QED) is 0.622. The average molecular weight is 324 g/mol. The molecule has 0 heterocycles. The summed E-state index contributed by atoms with van der Waals surface area (Å²) in [6, 6.07) is 1.68. The summed E-state index contributed by atoms with van der Waals surface area (Å²) >= 11 is 0. The van der Waals surface area contributed by atoms with Crippen LogP contribution < -0.4 is 0 Å². The highest BCUT2D eigenvalue weighted by Crippen LogP contribution is 2.33. The van der Waals surface area contributed by atoms with Crippen LogP contribution in [-0.4, -0.2) is 11.2 Å². The molecule has 23 heavy (non-hydrogen) atoms. The minimum atomic E-state index is -1.50. The first-order valence-electron chi connectivity index (χ1n) is 8.33. The Kier molecular flexibility index (Phi) is 6.53. The van der Waals surface area contributed by atoms with Crippen molar-refractivity contribution in [2.24, 2.45) is 11.8 Å². The van der Waals surface area contributed by atoms with Gasteiger partial charge in [-0.15, -0.1) is 0 Å². The first-order chi connectivity index (χ1) is 11.0. The lowest BCUT2D eigenvalue weighted by Gasteiger charge is -2.28. The van der Waals surface area contributed by atoms with Gasteiger partial charge in [0.2, 0.25) is 0 Å². The number of rotatable bonds is 4. The maximum Gasteiger partial charge on any atom is 0.194 e. The normalized spacial score (nSPS) is 22.3. The predicted octanol–water partition coefficient (Wildman–Crippen LogP) is 4.81. The third kappa shape index (κ3) is 5.28. The lowest BCUT2D eigenvalue weighted by atomic mass is 9.78. The Bertz CT molecular complexity index is 557. The number of aliphatic hydroxyl groups is 1. The van der Waals surface area contributed by atoms with Crippen molar-refractivity contribution in [3.05, 3.63) is 35.1 Å². The summed E-state index contributed by atoms with van der Waals surface area (Å²) in [5, 5.41) is 9.99. The van der Waals surface area contributed by atoms with E-state index in [1.165, 1.54) is 25.7 Å². The number of halogens is 3. The van der Waals surface area contributed by atoms with Gasteiger partial charge in [0.1, 0.15) is 6.10 Å². The van der Waals surface area contributed by atoms with Gasteiger partial charge in [-0.25, -0.2) is 13.2 Å². The van der Waals surface area contributed by atoms with Crippen LogP contribution in [0.1, 0.15) is 57.4 Å². The first kappa shape index (κ1) is 17.9. The van der Waals surface area contributed by atoms with Crippen LogP contribution in [0.15, 0.2) is 12.1 Å². The predicted molar refractivity (Wildman–Crippen MR) is 84.2 cm³/mol. The highest BCUT2D eigenvalue weighted by molar-refractivity contribution is 5.36. The zero-order chi connectivity index (χ0) is 16.8. The highest BCUT2D eigenvalue weighted by atomic mass is 19.2. The van der Waals surface area contributed by atoms with Crippen molar-refractivity contribution in [3.8, 4) is 11.8 Å². The molecular formula is C19H23F3O. The molecule has 0 amide bonds. The summed E-state index contributed by atoms with van der Waals surface area (Å²) < 4.78 is 39.0. The van der Waals surface area contributed by atoms with Crippen LogP contribution >= 0.6 is 0 Å². The number of hydrogen-bond acceptors (Lipinski definition) is 1. The van der Waals surface area contributed by atoms with Crippen molar-refractivity contribution in [2.45, 2.75) is 58.0 Å². The molecule has 1 fully saturated rings. The minimum Gasteiger partial charge on any atom is -0.380 e. The van der Waals surface area contributed by atoms with Gasteiger partial charge in [-0.1, -0.05) is 57.3 Å². The fraction of sp³-hybridized carbons (Fsp3) is 0.579. The van der Waals surface area contributed by atoms with E-state index < -0.39 is 23.6 Å². The van der Waals surface area contributed by atoms with Gasteiger partial charge in [-0.05, 0) is 30.4 Å². The standard InChI is InChI=1S/C19H23F3O/c1-2-3-13-4-6-14(7-5-13)10-16(23)9-8-15-11-17(20)19(22)18(21)12-15/h11-14,16,23H,2-7,10H2,1H3. The van der Waals surface area contributed by atoms with Gasteiger partial charge in [-0.3, -0.25) is 0 Å². The van der Waals surface area contributed by atoms with E-state index in [2.05, 4.69) is 18.8 Å². The summed E-state index contributed by atoms with van der Waals surface area (Å²) in [5.74, 6) is 2.36. The van der Waals surface area contributed by atoms with E-state index in [1.807, 2.05) is 0 Å². The second kappa shape index (κ2) is 8.40. The molecule has 1 aliphatic rings. The maximum atomic E-state index is 13.1. The van der Waals surface area contributed by atoms with Crippen molar-refractivity contribution in [3.63, 3.8) is 0 Å². The largest absolute Gasteiger partial charge is 0.380 e. The minimum absolute atomic E-state index is 0.0344. The van der Waals surface area contributed by atoms with Crippen molar-refractivity contribution in [1.29, 1.82) is 0 Å². The van der Waals surface area contributed by atoms with Crippen molar-refractivity contribution >= 4 is 0 Å². The number of benzene rings is 1. The van der Waals surface area contributed by atoms with Crippen LogP contribution in [0, 0.1) is 41.1 Å². The Morgan fingerprint density at radius 1 is 1.09 bits per heavy atom. The molecule has 1 aromatic rings. The Hall–Kier alpha value is -1.47. The third-order valence-corrected chi connectivity index (χ3v) is 4.59. The second-order valence-electron chi connectivity index (χ2n) is 6.45. The van der Waals surface area contributed by atoms with Crippen LogP contribution in [0.5, 0.6) is 0 Å². The fourth-order valence-electron chi connectivity index (χ4n) is 3.33. The van der Waals surface area contributed by atoms with Crippen LogP contribution in [0.25, 0.3) is 0 Å². The molecule has 1 N–H and O–H groups in total. The van der Waals surface area contributed by atoms with Crippen molar-refractivity contribution in [2.75, 3.05) is 0 Å². The third-order valence-electron chi connectivity index (χ3n) is 4.59. The Morgan fingerprint density at radius 2 is 1.65 bits per heavy atom. The molecule has 1 nitrogen and oxygen atoms in total. The second-order valence-corrected chi connectivity index (χ2v) is 6.45. The monoisotopic (exact) mass is 324 g/mol. The molecule has 0 spiro atoms. The number of hydrogen-bond donors (Lipinski definition) is 1. The molecule has 1 unspecified atom stereocenters. The Labute approximate surface area is 135 Å². The van der Waals surface area contributed by atoms with Crippen LogP contribution in [0.3, 0.4) is 0 Å². The van der Waals surface area contributed by atoms with E-state index in [0.29, 0.717) is 12.3 Å². The first-order valence-corrected chi connectivity index (χ1v) is 8.33. The van der Waals surface area contributed by atoms with Crippen molar-refractivity contribution in [1.82, 2.24) is 0 Å². The maximum absolute atomic E-state index is 13.1. The molecule has 0 aliphatic heterocycles. The molecule has 1 saturated carbocycles. The van der Waals surface area contributed by atoms with Gasteiger partial charge in [0.25, 0.3) is 0 Å². The molecule has 1 aliphatic carbocycles. The molecule has 0 bridgehead atoms. The molecule has 126 valence electrons. The summed E-state index contributed by atoms with van der Waals surface area (Å²) in [4.78, 5) is 0. The Balaban J connectivity index is 1.87. The van der Waals surface area contributed by atoms with Crippen LogP contribution in [0.4, 0.5) is 13.2 Å². The SMILES string of the molecule is CCCC1CCC(CC(O)C#Cc2cc(F)c(F)c(F)c2)CC1. The van der Waals surface area contributed by atoms with Gasteiger partial charge in [0.15, 0.2) is 17.5 Å². The zero-order valence-corrected chi connectivity index (χ0v) is 13.4. The lowest BCUT2D eigenvalue weighted by Crippen LogP contribution is -2.19. The van der Waals surface area contributed by atoms with Crippen LogP contribution in [0.2, 0.25) is 0 Å². The van der Waals surface area contributed by atoms with E-state index in [0.717, 1.165) is 30.9 Å². The summed E-state index contributed by atoms with van der Waals surface area (Å²) in [5.41, 5.74) is 0.0344. The summed E-state index contributed by atoms with van der Waals surface area (Å²) in [7, 11) is 0. The van der Waals surface area contributed by atoms with Gasteiger partial charge >= 0.3 is 0 Å². The van der Waals surface area contributed by atoms with E-state index in [-0.39, 0.29) is 5.56 Å². The molecule has 4 heteroatoms. The molecular weight excluding hydrogens is 301 g/mol. The van der Waals surface area contributed by atoms with E-state index in [1.54, 1.807) is 0 Å².